The van der Waals surface area contributed by atoms with E-state index >= 15 is 0 Å². The van der Waals surface area contributed by atoms with Crippen LogP contribution < -0.4 is 10.6 Å². The monoisotopic (exact) mass is 268 g/mol. The average molecular weight is 268 g/mol. The van der Waals surface area contributed by atoms with E-state index in [1.165, 1.54) is 4.88 Å². The Bertz CT molecular complexity index is 349. The van der Waals surface area contributed by atoms with Crippen LogP contribution >= 0.6 is 11.3 Å². The van der Waals surface area contributed by atoms with Gasteiger partial charge in [-0.1, -0.05) is 26.8 Å². The number of amides is 1. The van der Waals surface area contributed by atoms with Crippen molar-refractivity contribution in [3.05, 3.63) is 22.4 Å². The third-order valence-corrected chi connectivity index (χ3v) is 4.01. The van der Waals surface area contributed by atoms with Gasteiger partial charge in [-0.05, 0) is 30.7 Å². The van der Waals surface area contributed by atoms with Gasteiger partial charge in [-0.15, -0.1) is 11.3 Å². The molecule has 102 valence electrons. The molecular weight excluding hydrogens is 244 g/mol. The Morgan fingerprint density at radius 2 is 2.11 bits per heavy atom. The molecule has 0 radical (unpaired) electrons. The van der Waals surface area contributed by atoms with E-state index in [0.717, 1.165) is 6.42 Å². The number of carbonyl (C=O) groups excluding carboxylic acids is 1. The normalized spacial score (nSPS) is 14.5. The first-order valence-corrected chi connectivity index (χ1v) is 7.48. The maximum Gasteiger partial charge on any atom is 0.234 e. The van der Waals surface area contributed by atoms with Gasteiger partial charge in [-0.25, -0.2) is 0 Å². The Hall–Kier alpha value is -0.870. The van der Waals surface area contributed by atoms with Crippen molar-refractivity contribution >= 4 is 17.2 Å². The highest BCUT2D eigenvalue weighted by Gasteiger charge is 2.19. The summed E-state index contributed by atoms with van der Waals surface area (Å²) in [6, 6.07) is 4.61. The quantitative estimate of drug-likeness (QED) is 0.798. The van der Waals surface area contributed by atoms with Gasteiger partial charge < -0.3 is 10.6 Å². The molecule has 0 aliphatic heterocycles. The van der Waals surface area contributed by atoms with Crippen LogP contribution in [0.15, 0.2) is 17.5 Å². The predicted molar refractivity (Wildman–Crippen MR) is 77.8 cm³/mol. The van der Waals surface area contributed by atoms with E-state index in [0.29, 0.717) is 18.5 Å². The molecule has 4 heteroatoms. The molecule has 1 heterocycles. The van der Waals surface area contributed by atoms with E-state index in [-0.39, 0.29) is 11.9 Å². The van der Waals surface area contributed by atoms with Gasteiger partial charge in [-0.3, -0.25) is 4.79 Å². The van der Waals surface area contributed by atoms with Gasteiger partial charge in [0, 0.05) is 10.9 Å². The highest BCUT2D eigenvalue weighted by atomic mass is 32.1. The van der Waals surface area contributed by atoms with E-state index in [4.69, 9.17) is 0 Å². The Balaban J connectivity index is 2.49. The highest BCUT2D eigenvalue weighted by Crippen LogP contribution is 2.25. The number of thiophene rings is 1. The van der Waals surface area contributed by atoms with Gasteiger partial charge in [0.15, 0.2) is 0 Å². The molecule has 0 bridgehead atoms. The van der Waals surface area contributed by atoms with Crippen molar-refractivity contribution in [2.24, 2.45) is 5.92 Å². The van der Waals surface area contributed by atoms with Gasteiger partial charge in [0.1, 0.15) is 0 Å². The molecule has 0 aliphatic rings. The third kappa shape index (κ3) is 4.78. The van der Waals surface area contributed by atoms with Crippen LogP contribution in [0, 0.1) is 5.92 Å². The second-order valence-corrected chi connectivity index (χ2v) is 5.97. The lowest BCUT2D eigenvalue weighted by atomic mass is 10.0. The fraction of sp³-hybridized carbons (Fsp3) is 0.643. The van der Waals surface area contributed by atoms with Crippen molar-refractivity contribution < 1.29 is 4.79 Å². The molecule has 0 aromatic carbocycles. The first-order valence-electron chi connectivity index (χ1n) is 6.60. The summed E-state index contributed by atoms with van der Waals surface area (Å²) in [6.45, 7) is 8.85. The van der Waals surface area contributed by atoms with Crippen LogP contribution in [0.25, 0.3) is 0 Å². The van der Waals surface area contributed by atoms with Crippen LogP contribution in [-0.4, -0.2) is 18.5 Å². The van der Waals surface area contributed by atoms with Crippen molar-refractivity contribution in [3.8, 4) is 0 Å². The van der Waals surface area contributed by atoms with E-state index in [9.17, 15) is 4.79 Å². The van der Waals surface area contributed by atoms with Crippen molar-refractivity contribution in [1.29, 1.82) is 0 Å². The SMILES string of the molecule is CCC(C)NCC(=O)NC(c1cccs1)C(C)C. The molecule has 0 spiro atoms. The minimum absolute atomic E-state index is 0.0717. The van der Waals surface area contributed by atoms with E-state index < -0.39 is 0 Å². The van der Waals surface area contributed by atoms with Gasteiger partial charge in [-0.2, -0.15) is 0 Å². The van der Waals surface area contributed by atoms with E-state index in [1.54, 1.807) is 11.3 Å². The molecule has 2 N–H and O–H groups in total. The second-order valence-electron chi connectivity index (χ2n) is 4.99. The summed E-state index contributed by atoms with van der Waals surface area (Å²) in [5, 5.41) is 8.37. The Labute approximate surface area is 114 Å². The summed E-state index contributed by atoms with van der Waals surface area (Å²) in [6.07, 6.45) is 1.03. The minimum atomic E-state index is 0.0717. The molecule has 1 rings (SSSR count). The summed E-state index contributed by atoms with van der Waals surface area (Å²) in [5.74, 6) is 0.471. The predicted octanol–water partition coefficient (Wildman–Crippen LogP) is 2.95. The van der Waals surface area contributed by atoms with E-state index in [1.807, 2.05) is 11.4 Å². The van der Waals surface area contributed by atoms with Crippen LogP contribution in [0.1, 0.15) is 45.0 Å². The molecule has 18 heavy (non-hydrogen) atoms. The topological polar surface area (TPSA) is 41.1 Å². The molecule has 2 unspecified atom stereocenters. The summed E-state index contributed by atoms with van der Waals surface area (Å²) in [7, 11) is 0. The molecule has 1 amide bonds. The van der Waals surface area contributed by atoms with Crippen molar-refractivity contribution in [3.63, 3.8) is 0 Å². The highest BCUT2D eigenvalue weighted by molar-refractivity contribution is 7.10. The first-order chi connectivity index (χ1) is 8.54. The van der Waals surface area contributed by atoms with Crippen LogP contribution in [0.3, 0.4) is 0 Å². The van der Waals surface area contributed by atoms with Gasteiger partial charge >= 0.3 is 0 Å². The Morgan fingerprint density at radius 3 is 2.61 bits per heavy atom. The third-order valence-electron chi connectivity index (χ3n) is 3.06. The van der Waals surface area contributed by atoms with Gasteiger partial charge in [0.2, 0.25) is 5.91 Å². The maximum absolute atomic E-state index is 11.9. The van der Waals surface area contributed by atoms with Gasteiger partial charge in [0.05, 0.1) is 12.6 Å². The standard InChI is InChI=1S/C14H24N2OS/c1-5-11(4)15-9-13(17)16-14(10(2)3)12-7-6-8-18-12/h6-8,10-11,14-15H,5,9H2,1-4H3,(H,16,17). The molecule has 0 fully saturated rings. The first kappa shape index (κ1) is 15.2. The molecular formula is C14H24N2OS. The van der Waals surface area contributed by atoms with Crippen LogP contribution in [0.4, 0.5) is 0 Å². The van der Waals surface area contributed by atoms with Crippen LogP contribution in [-0.2, 0) is 4.79 Å². The zero-order valence-electron chi connectivity index (χ0n) is 11.7. The largest absolute Gasteiger partial charge is 0.347 e. The summed E-state index contributed by atoms with van der Waals surface area (Å²) in [4.78, 5) is 13.1. The molecule has 0 saturated heterocycles. The fourth-order valence-electron chi connectivity index (χ4n) is 1.67. The van der Waals surface area contributed by atoms with Crippen LogP contribution in [0.5, 0.6) is 0 Å². The molecule has 0 aliphatic carbocycles. The summed E-state index contributed by atoms with van der Waals surface area (Å²) >= 11 is 1.70. The van der Waals surface area contributed by atoms with Crippen molar-refractivity contribution in [2.75, 3.05) is 6.54 Å². The number of hydrogen-bond donors (Lipinski definition) is 2. The summed E-state index contributed by atoms with van der Waals surface area (Å²) in [5.41, 5.74) is 0. The van der Waals surface area contributed by atoms with Crippen molar-refractivity contribution in [1.82, 2.24) is 10.6 Å². The zero-order valence-corrected chi connectivity index (χ0v) is 12.5. The fourth-order valence-corrected chi connectivity index (χ4v) is 2.62. The molecule has 1 aromatic heterocycles. The molecule has 0 saturated carbocycles. The Kier molecular flexibility index (Phi) is 6.36. The van der Waals surface area contributed by atoms with Crippen LogP contribution in [0.2, 0.25) is 0 Å². The number of nitrogens with one attached hydrogen (secondary N) is 2. The smallest absolute Gasteiger partial charge is 0.234 e. The van der Waals surface area contributed by atoms with E-state index in [2.05, 4.69) is 44.4 Å². The molecule has 2 atom stereocenters. The number of hydrogen-bond acceptors (Lipinski definition) is 3. The molecule has 1 aromatic rings. The number of rotatable bonds is 7. The lowest BCUT2D eigenvalue weighted by molar-refractivity contribution is -0.121. The second kappa shape index (κ2) is 7.54. The maximum atomic E-state index is 11.9. The Morgan fingerprint density at radius 1 is 1.39 bits per heavy atom. The minimum Gasteiger partial charge on any atom is -0.347 e. The lowest BCUT2D eigenvalue weighted by Crippen LogP contribution is -2.40. The van der Waals surface area contributed by atoms with Crippen molar-refractivity contribution in [2.45, 2.75) is 46.2 Å². The lowest BCUT2D eigenvalue weighted by Gasteiger charge is -2.22. The van der Waals surface area contributed by atoms with Gasteiger partial charge in [0.25, 0.3) is 0 Å². The summed E-state index contributed by atoms with van der Waals surface area (Å²) < 4.78 is 0. The number of carbonyl (C=O) groups is 1. The zero-order chi connectivity index (χ0) is 13.5. The average Bonchev–Trinajstić information content (AvgIpc) is 2.86. The molecule has 3 nitrogen and oxygen atoms in total.